The van der Waals surface area contributed by atoms with Gasteiger partial charge in [0.15, 0.2) is 0 Å². The van der Waals surface area contributed by atoms with Gasteiger partial charge in [-0.2, -0.15) is 0 Å². The maximum Gasteiger partial charge on any atom is 0.0488 e. The molecular weight excluding hydrogens is 335 g/mol. The van der Waals surface area contributed by atoms with Crippen molar-refractivity contribution in [2.24, 2.45) is 23.7 Å². The Hall–Kier alpha value is -0.980. The van der Waals surface area contributed by atoms with Crippen molar-refractivity contribution in [3.63, 3.8) is 0 Å². The van der Waals surface area contributed by atoms with Gasteiger partial charge in [0.1, 0.15) is 0 Å². The molecule has 5 aliphatic carbocycles. The smallest absolute Gasteiger partial charge is 0.0488 e. The van der Waals surface area contributed by atoms with Crippen LogP contribution in [0.4, 0.5) is 0 Å². The van der Waals surface area contributed by atoms with Gasteiger partial charge in [0, 0.05) is 26.6 Å². The predicted octanol–water partition coefficient (Wildman–Crippen LogP) is 6.72. The normalized spacial score (nSPS) is 33.8. The maximum absolute atomic E-state index is 6.71. The van der Waals surface area contributed by atoms with Gasteiger partial charge >= 0.3 is 0 Å². The first-order valence-corrected chi connectivity index (χ1v) is 10.0. The van der Waals surface area contributed by atoms with Crippen molar-refractivity contribution in [3.8, 4) is 11.1 Å². The van der Waals surface area contributed by atoms with Crippen LogP contribution in [0.1, 0.15) is 43.2 Å². The molecule has 0 nitrogen and oxygen atoms in total. The van der Waals surface area contributed by atoms with Crippen molar-refractivity contribution in [2.75, 3.05) is 0 Å². The second-order valence-corrected chi connectivity index (χ2v) is 9.31. The van der Waals surface area contributed by atoms with Crippen molar-refractivity contribution in [1.29, 1.82) is 0 Å². The Bertz CT molecular complexity index is 785. The van der Waals surface area contributed by atoms with E-state index >= 15 is 0 Å². The third kappa shape index (κ3) is 1.50. The Kier molecular flexibility index (Phi) is 2.72. The van der Waals surface area contributed by atoms with E-state index in [1.54, 1.807) is 0 Å². The highest BCUT2D eigenvalue weighted by atomic mass is 35.5. The minimum atomic E-state index is 0.174. The van der Waals surface area contributed by atoms with E-state index < -0.39 is 0 Å². The molecule has 2 aromatic carbocycles. The van der Waals surface area contributed by atoms with E-state index in [1.165, 1.54) is 54.4 Å². The van der Waals surface area contributed by atoms with E-state index in [1.807, 2.05) is 12.1 Å². The van der Waals surface area contributed by atoms with Crippen LogP contribution in [0.2, 0.25) is 10.0 Å². The summed E-state index contributed by atoms with van der Waals surface area (Å²) in [6, 6.07) is 13.0. The second-order valence-electron chi connectivity index (χ2n) is 8.50. The van der Waals surface area contributed by atoms with Gasteiger partial charge in [-0.25, -0.2) is 0 Å². The first kappa shape index (κ1) is 14.2. The molecule has 122 valence electrons. The fraction of sp³-hybridized carbons (Fsp3) is 0.455. The SMILES string of the molecule is Clc1cccc2c1-c1c(Cl)cccc1C21C2CC3CC(C2)CC1C3. The Morgan fingerprint density at radius 2 is 1.12 bits per heavy atom. The van der Waals surface area contributed by atoms with Gasteiger partial charge in [0.25, 0.3) is 0 Å². The highest BCUT2D eigenvalue weighted by Gasteiger charge is 2.61. The van der Waals surface area contributed by atoms with E-state index in [0.717, 1.165) is 33.7 Å². The first-order chi connectivity index (χ1) is 11.7. The Balaban J connectivity index is 1.72. The summed E-state index contributed by atoms with van der Waals surface area (Å²) in [6.45, 7) is 0. The van der Waals surface area contributed by atoms with Gasteiger partial charge in [-0.15, -0.1) is 0 Å². The van der Waals surface area contributed by atoms with Crippen LogP contribution < -0.4 is 0 Å². The summed E-state index contributed by atoms with van der Waals surface area (Å²) in [5.41, 5.74) is 5.59. The molecule has 7 rings (SSSR count). The molecule has 0 N–H and O–H groups in total. The zero-order valence-corrected chi connectivity index (χ0v) is 15.1. The zero-order valence-electron chi connectivity index (χ0n) is 13.6. The number of halogens is 2. The van der Waals surface area contributed by atoms with Crippen LogP contribution in [0.3, 0.4) is 0 Å². The number of hydrogen-bond acceptors (Lipinski definition) is 0. The quantitative estimate of drug-likeness (QED) is 0.492. The predicted molar refractivity (Wildman–Crippen MR) is 99.7 cm³/mol. The number of benzene rings is 2. The molecule has 0 heterocycles. The zero-order chi connectivity index (χ0) is 16.1. The van der Waals surface area contributed by atoms with Gasteiger partial charge < -0.3 is 0 Å². The number of hydrogen-bond donors (Lipinski definition) is 0. The maximum atomic E-state index is 6.71. The molecule has 4 saturated carbocycles. The van der Waals surface area contributed by atoms with Gasteiger partial charge in [0.2, 0.25) is 0 Å². The van der Waals surface area contributed by atoms with Gasteiger partial charge in [-0.1, -0.05) is 47.5 Å². The molecule has 24 heavy (non-hydrogen) atoms. The van der Waals surface area contributed by atoms with Crippen LogP contribution in [-0.4, -0.2) is 0 Å². The summed E-state index contributed by atoms with van der Waals surface area (Å²) in [4.78, 5) is 0. The van der Waals surface area contributed by atoms with Crippen LogP contribution in [0.25, 0.3) is 11.1 Å². The Morgan fingerprint density at radius 1 is 0.667 bits per heavy atom. The second kappa shape index (κ2) is 4.59. The molecule has 5 aliphatic rings. The third-order valence-electron chi connectivity index (χ3n) is 7.59. The summed E-state index contributed by atoms with van der Waals surface area (Å²) >= 11 is 13.4. The summed E-state index contributed by atoms with van der Waals surface area (Å²) in [6.07, 6.45) is 7.06. The summed E-state index contributed by atoms with van der Waals surface area (Å²) < 4.78 is 0. The summed E-state index contributed by atoms with van der Waals surface area (Å²) in [5.74, 6) is 3.46. The molecule has 4 fully saturated rings. The van der Waals surface area contributed by atoms with Crippen LogP contribution in [0.5, 0.6) is 0 Å². The first-order valence-electron chi connectivity index (χ1n) is 9.28. The minimum Gasteiger partial charge on any atom is -0.0837 e. The molecule has 2 aromatic rings. The Labute approximate surface area is 153 Å². The van der Waals surface area contributed by atoms with E-state index in [-0.39, 0.29) is 5.41 Å². The lowest BCUT2D eigenvalue weighted by Crippen LogP contribution is -2.55. The van der Waals surface area contributed by atoms with Crippen molar-refractivity contribution in [1.82, 2.24) is 0 Å². The topological polar surface area (TPSA) is 0 Å². The average Bonchev–Trinajstić information content (AvgIpc) is 2.86. The molecule has 0 aromatic heterocycles. The van der Waals surface area contributed by atoms with Crippen LogP contribution in [0, 0.1) is 23.7 Å². The highest BCUT2D eigenvalue weighted by molar-refractivity contribution is 6.37. The summed E-state index contributed by atoms with van der Waals surface area (Å²) in [5, 5.41) is 1.74. The lowest BCUT2D eigenvalue weighted by atomic mass is 9.43. The number of rotatable bonds is 0. The van der Waals surface area contributed by atoms with Crippen molar-refractivity contribution in [3.05, 3.63) is 57.6 Å². The van der Waals surface area contributed by atoms with Crippen molar-refractivity contribution < 1.29 is 0 Å². The fourth-order valence-corrected chi connectivity index (χ4v) is 7.74. The molecule has 1 spiro atoms. The largest absolute Gasteiger partial charge is 0.0837 e. The lowest BCUT2D eigenvalue weighted by molar-refractivity contribution is -0.0399. The molecule has 0 radical (unpaired) electrons. The van der Waals surface area contributed by atoms with Crippen molar-refractivity contribution in [2.45, 2.75) is 37.5 Å². The van der Waals surface area contributed by atoms with E-state index in [4.69, 9.17) is 23.2 Å². The minimum absolute atomic E-state index is 0.174. The van der Waals surface area contributed by atoms with Gasteiger partial charge in [-0.05, 0) is 79.0 Å². The monoisotopic (exact) mass is 354 g/mol. The molecule has 0 atom stereocenters. The molecule has 2 heteroatoms. The molecule has 0 saturated heterocycles. The summed E-state index contributed by atoms with van der Waals surface area (Å²) in [7, 11) is 0. The molecule has 0 unspecified atom stereocenters. The molecular formula is C22H20Cl2. The molecule has 0 aliphatic heterocycles. The van der Waals surface area contributed by atoms with Crippen LogP contribution in [-0.2, 0) is 5.41 Å². The van der Waals surface area contributed by atoms with Gasteiger partial charge in [-0.3, -0.25) is 0 Å². The Morgan fingerprint density at radius 3 is 1.58 bits per heavy atom. The van der Waals surface area contributed by atoms with Crippen LogP contribution >= 0.6 is 23.2 Å². The van der Waals surface area contributed by atoms with Crippen LogP contribution in [0.15, 0.2) is 36.4 Å². The highest BCUT2D eigenvalue weighted by Crippen LogP contribution is 2.70. The third-order valence-corrected chi connectivity index (χ3v) is 8.22. The van der Waals surface area contributed by atoms with E-state index in [9.17, 15) is 0 Å². The standard InChI is InChI=1S/C22H20Cl2/c23-18-5-1-3-16-20(18)21-17(4-2-6-19(21)24)22(16)14-8-12-7-13(10-14)11-15(22)9-12/h1-6,12-15H,7-11H2. The van der Waals surface area contributed by atoms with Crippen molar-refractivity contribution >= 4 is 23.2 Å². The fourth-order valence-electron chi connectivity index (χ4n) is 7.20. The van der Waals surface area contributed by atoms with E-state index in [0.29, 0.717) is 0 Å². The van der Waals surface area contributed by atoms with E-state index in [2.05, 4.69) is 24.3 Å². The number of fused-ring (bicyclic) bond motifs is 3. The lowest BCUT2D eigenvalue weighted by Gasteiger charge is -2.61. The average molecular weight is 355 g/mol. The molecule has 0 amide bonds. The van der Waals surface area contributed by atoms with Gasteiger partial charge in [0.05, 0.1) is 0 Å². The molecule has 4 bridgehead atoms.